The molecule has 1 N–H and O–H groups in total. The molecule has 24 heavy (non-hydrogen) atoms. The highest BCUT2D eigenvalue weighted by molar-refractivity contribution is 6.30. The van der Waals surface area contributed by atoms with Gasteiger partial charge < -0.3 is 4.74 Å². The smallest absolute Gasteiger partial charge is 0.277 e. The zero-order chi connectivity index (χ0) is 17.4. The summed E-state index contributed by atoms with van der Waals surface area (Å²) in [6.07, 6.45) is 2.64. The van der Waals surface area contributed by atoms with E-state index in [1.807, 2.05) is 36.4 Å². The van der Waals surface area contributed by atoms with Gasteiger partial charge in [-0.2, -0.15) is 5.10 Å². The Morgan fingerprint density at radius 1 is 1.21 bits per heavy atom. The Balaban J connectivity index is 1.77. The van der Waals surface area contributed by atoms with E-state index in [1.165, 1.54) is 5.56 Å². The van der Waals surface area contributed by atoms with Crippen LogP contribution in [0.25, 0.3) is 0 Å². The number of rotatable bonds is 7. The Labute approximate surface area is 147 Å². The number of ether oxygens (including phenoxy) is 1. The van der Waals surface area contributed by atoms with Crippen LogP contribution in [0.2, 0.25) is 5.02 Å². The van der Waals surface area contributed by atoms with Crippen molar-refractivity contribution in [2.45, 2.75) is 26.2 Å². The van der Waals surface area contributed by atoms with Crippen molar-refractivity contribution in [2.75, 3.05) is 6.61 Å². The minimum absolute atomic E-state index is 0.0827. The molecule has 0 heterocycles. The van der Waals surface area contributed by atoms with Gasteiger partial charge in [0.1, 0.15) is 5.75 Å². The molecule has 126 valence electrons. The molecular formula is C19H21ClN2O2. The highest BCUT2D eigenvalue weighted by Gasteiger charge is 2.04. The van der Waals surface area contributed by atoms with E-state index in [1.54, 1.807) is 18.3 Å². The fraction of sp³-hybridized carbons (Fsp3) is 0.263. The van der Waals surface area contributed by atoms with E-state index in [2.05, 4.69) is 24.4 Å². The van der Waals surface area contributed by atoms with Crippen molar-refractivity contribution in [1.82, 2.24) is 5.43 Å². The Bertz CT molecular complexity index is 682. The Morgan fingerprint density at radius 2 is 1.88 bits per heavy atom. The van der Waals surface area contributed by atoms with Crippen LogP contribution in [0.5, 0.6) is 5.75 Å². The molecular weight excluding hydrogens is 324 g/mol. The first kappa shape index (κ1) is 18.0. The van der Waals surface area contributed by atoms with Crippen molar-refractivity contribution in [3.8, 4) is 5.75 Å². The van der Waals surface area contributed by atoms with E-state index >= 15 is 0 Å². The lowest BCUT2D eigenvalue weighted by Gasteiger charge is -2.10. The molecule has 1 atom stereocenters. The van der Waals surface area contributed by atoms with Gasteiger partial charge in [0.15, 0.2) is 6.61 Å². The highest BCUT2D eigenvalue weighted by Crippen LogP contribution is 2.21. The summed E-state index contributed by atoms with van der Waals surface area (Å²) in [5.74, 6) is 0.870. The van der Waals surface area contributed by atoms with Gasteiger partial charge >= 0.3 is 0 Å². The van der Waals surface area contributed by atoms with Crippen LogP contribution in [0.3, 0.4) is 0 Å². The average molecular weight is 345 g/mol. The van der Waals surface area contributed by atoms with Gasteiger partial charge in [-0.25, -0.2) is 5.43 Å². The normalized spacial score (nSPS) is 12.1. The zero-order valence-corrected chi connectivity index (χ0v) is 14.6. The number of nitrogens with one attached hydrogen (secondary N) is 1. The van der Waals surface area contributed by atoms with Crippen LogP contribution in [0.4, 0.5) is 0 Å². The number of hydrazone groups is 1. The maximum Gasteiger partial charge on any atom is 0.277 e. The first-order chi connectivity index (χ1) is 11.6. The van der Waals surface area contributed by atoms with Crippen molar-refractivity contribution in [1.29, 1.82) is 0 Å². The van der Waals surface area contributed by atoms with Gasteiger partial charge in [0.25, 0.3) is 5.91 Å². The van der Waals surface area contributed by atoms with Crippen molar-refractivity contribution in [3.63, 3.8) is 0 Å². The van der Waals surface area contributed by atoms with Crippen LogP contribution in [0.1, 0.15) is 37.3 Å². The highest BCUT2D eigenvalue weighted by atomic mass is 35.5. The number of hydrogen-bond donors (Lipinski definition) is 1. The molecule has 0 spiro atoms. The molecule has 2 rings (SSSR count). The molecule has 5 heteroatoms. The molecule has 0 fully saturated rings. The number of halogens is 1. The average Bonchev–Trinajstić information content (AvgIpc) is 2.61. The van der Waals surface area contributed by atoms with Gasteiger partial charge in [-0.1, -0.05) is 49.7 Å². The van der Waals surface area contributed by atoms with Gasteiger partial charge in [0, 0.05) is 5.02 Å². The van der Waals surface area contributed by atoms with E-state index < -0.39 is 0 Å². The molecule has 0 bridgehead atoms. The lowest BCUT2D eigenvalue weighted by atomic mass is 9.99. The second kappa shape index (κ2) is 9.08. The van der Waals surface area contributed by atoms with Gasteiger partial charge in [0.2, 0.25) is 0 Å². The van der Waals surface area contributed by atoms with Crippen molar-refractivity contribution in [2.24, 2.45) is 5.10 Å². The van der Waals surface area contributed by atoms with Crippen LogP contribution in [0.15, 0.2) is 53.6 Å². The number of benzene rings is 2. The van der Waals surface area contributed by atoms with E-state index in [0.717, 1.165) is 12.0 Å². The largest absolute Gasteiger partial charge is 0.484 e. The third kappa shape index (κ3) is 5.70. The standard InChI is InChI=1S/C19H21ClN2O2/c1-3-14(2)16-6-10-18(11-7-16)24-13-19(23)22-21-12-15-4-8-17(20)9-5-15/h4-12,14H,3,13H2,1-2H3,(H,22,23)/b21-12-/t14-/m1/s1. The van der Waals surface area contributed by atoms with E-state index in [9.17, 15) is 4.79 Å². The van der Waals surface area contributed by atoms with E-state index in [4.69, 9.17) is 16.3 Å². The topological polar surface area (TPSA) is 50.7 Å². The molecule has 0 unspecified atom stereocenters. The fourth-order valence-electron chi connectivity index (χ4n) is 2.04. The zero-order valence-electron chi connectivity index (χ0n) is 13.8. The van der Waals surface area contributed by atoms with Crippen molar-refractivity contribution >= 4 is 23.7 Å². The molecule has 0 saturated heterocycles. The number of carbonyl (C=O) groups is 1. The summed E-state index contributed by atoms with van der Waals surface area (Å²) in [7, 11) is 0. The number of carbonyl (C=O) groups excluding carboxylic acids is 1. The lowest BCUT2D eigenvalue weighted by Crippen LogP contribution is -2.24. The molecule has 0 aliphatic rings. The minimum atomic E-state index is -0.314. The summed E-state index contributed by atoms with van der Waals surface area (Å²) in [5, 5.41) is 4.54. The van der Waals surface area contributed by atoms with Gasteiger partial charge in [-0.3, -0.25) is 4.79 Å². The number of amides is 1. The maximum atomic E-state index is 11.7. The summed E-state index contributed by atoms with van der Waals surface area (Å²) in [5.41, 5.74) is 4.54. The third-order valence-corrected chi connectivity index (χ3v) is 3.96. The molecule has 2 aromatic rings. The minimum Gasteiger partial charge on any atom is -0.484 e. The van der Waals surface area contributed by atoms with E-state index in [-0.39, 0.29) is 12.5 Å². The predicted molar refractivity (Wildman–Crippen MR) is 97.8 cm³/mol. The summed E-state index contributed by atoms with van der Waals surface area (Å²) >= 11 is 5.80. The van der Waals surface area contributed by atoms with Crippen molar-refractivity contribution in [3.05, 3.63) is 64.7 Å². The molecule has 0 aliphatic carbocycles. The Morgan fingerprint density at radius 3 is 2.50 bits per heavy atom. The quantitative estimate of drug-likeness (QED) is 0.598. The van der Waals surface area contributed by atoms with Crippen LogP contribution < -0.4 is 10.2 Å². The predicted octanol–water partition coefficient (Wildman–Crippen LogP) is 4.38. The van der Waals surface area contributed by atoms with Crippen LogP contribution in [-0.4, -0.2) is 18.7 Å². The fourth-order valence-corrected chi connectivity index (χ4v) is 2.16. The third-order valence-electron chi connectivity index (χ3n) is 3.70. The lowest BCUT2D eigenvalue weighted by molar-refractivity contribution is -0.123. The first-order valence-electron chi connectivity index (χ1n) is 7.88. The van der Waals surface area contributed by atoms with Crippen LogP contribution in [-0.2, 0) is 4.79 Å². The van der Waals surface area contributed by atoms with Crippen LogP contribution in [0, 0.1) is 0 Å². The molecule has 4 nitrogen and oxygen atoms in total. The second-order valence-corrected chi connectivity index (χ2v) is 5.95. The molecule has 0 saturated carbocycles. The Kier molecular flexibility index (Phi) is 6.82. The molecule has 0 radical (unpaired) electrons. The Hall–Kier alpha value is -2.33. The monoisotopic (exact) mass is 344 g/mol. The summed E-state index contributed by atoms with van der Waals surface area (Å²) in [4.78, 5) is 11.7. The van der Waals surface area contributed by atoms with Gasteiger partial charge in [0.05, 0.1) is 6.21 Å². The number of hydrogen-bond acceptors (Lipinski definition) is 3. The first-order valence-corrected chi connectivity index (χ1v) is 8.26. The second-order valence-electron chi connectivity index (χ2n) is 5.51. The molecule has 1 amide bonds. The molecule has 2 aromatic carbocycles. The molecule has 0 aliphatic heterocycles. The molecule has 0 aromatic heterocycles. The SMILES string of the molecule is CC[C@@H](C)c1ccc(OCC(=O)N/N=C\c2ccc(Cl)cc2)cc1. The van der Waals surface area contributed by atoms with Crippen molar-refractivity contribution < 1.29 is 9.53 Å². The van der Waals surface area contributed by atoms with Crippen LogP contribution >= 0.6 is 11.6 Å². The summed E-state index contributed by atoms with van der Waals surface area (Å²) < 4.78 is 5.45. The van der Waals surface area contributed by atoms with Gasteiger partial charge in [-0.15, -0.1) is 0 Å². The summed E-state index contributed by atoms with van der Waals surface area (Å²) in [6.45, 7) is 4.26. The van der Waals surface area contributed by atoms with Gasteiger partial charge in [-0.05, 0) is 47.7 Å². The maximum absolute atomic E-state index is 11.7. The van der Waals surface area contributed by atoms with E-state index in [0.29, 0.717) is 16.7 Å². The summed E-state index contributed by atoms with van der Waals surface area (Å²) in [6, 6.07) is 15.0. The number of nitrogens with zero attached hydrogens (tertiary/aromatic N) is 1.